The molecule has 1 aliphatic rings. The third kappa shape index (κ3) is 3.33. The van der Waals surface area contributed by atoms with Gasteiger partial charge in [-0.15, -0.1) is 0 Å². The summed E-state index contributed by atoms with van der Waals surface area (Å²) < 4.78 is 28.7. The van der Waals surface area contributed by atoms with E-state index in [1.807, 2.05) is 18.5 Å². The number of halogens is 2. The van der Waals surface area contributed by atoms with E-state index < -0.39 is 11.9 Å². The molecule has 158 valence electrons. The molecule has 0 fully saturated rings. The monoisotopic (exact) mass is 433 g/mol. The van der Waals surface area contributed by atoms with Gasteiger partial charge in [-0.25, -0.2) is 14.1 Å². The second-order valence-electron chi connectivity index (χ2n) is 6.92. The van der Waals surface area contributed by atoms with E-state index in [2.05, 4.69) is 15.4 Å². The van der Waals surface area contributed by atoms with Gasteiger partial charge in [0.2, 0.25) is 0 Å². The van der Waals surface area contributed by atoms with Gasteiger partial charge in [0, 0.05) is 18.3 Å². The molecule has 10 heteroatoms. The van der Waals surface area contributed by atoms with Crippen LogP contribution in [0.4, 0.5) is 4.39 Å². The number of benzene rings is 1. The first-order valence-corrected chi connectivity index (χ1v) is 9.82. The minimum atomic E-state index is -0.543. The first-order valence-electron chi connectivity index (χ1n) is 9.44. The van der Waals surface area contributed by atoms with E-state index in [1.54, 1.807) is 12.5 Å². The van der Waals surface area contributed by atoms with Crippen LogP contribution in [0.3, 0.4) is 0 Å². The number of aromatic nitrogens is 4. The maximum atomic E-state index is 14.6. The molecule has 2 aromatic heterocycles. The molecule has 1 atom stereocenters. The number of amides is 1. The van der Waals surface area contributed by atoms with Gasteiger partial charge >= 0.3 is 0 Å². The maximum Gasteiger partial charge on any atom is 0.272 e. The number of methoxy groups -OCH3 is 1. The van der Waals surface area contributed by atoms with Crippen molar-refractivity contribution in [2.75, 3.05) is 13.7 Å². The summed E-state index contributed by atoms with van der Waals surface area (Å²) in [7, 11) is 3.30. The molecule has 8 nitrogen and oxygen atoms in total. The van der Waals surface area contributed by atoms with Crippen LogP contribution in [0.2, 0.25) is 5.02 Å². The number of carbonyl (C=O) groups excluding carboxylic acids is 1. The molecule has 0 saturated heterocycles. The SMILES string of the molecule is CCc1c(C(=O)N[C@H]2COCc3c2cnn3-c2c(F)ccc(OC)c2Cl)ncn1C. The van der Waals surface area contributed by atoms with Gasteiger partial charge in [-0.2, -0.15) is 5.10 Å². The number of hydrogen-bond donors (Lipinski definition) is 1. The fraction of sp³-hybridized carbons (Fsp3) is 0.350. The molecule has 0 saturated carbocycles. The number of rotatable bonds is 5. The topological polar surface area (TPSA) is 83.2 Å². The number of imidazole rings is 1. The van der Waals surface area contributed by atoms with Crippen molar-refractivity contribution in [3.63, 3.8) is 0 Å². The van der Waals surface area contributed by atoms with Crippen molar-refractivity contribution in [3.8, 4) is 11.4 Å². The van der Waals surface area contributed by atoms with E-state index in [0.717, 1.165) is 11.3 Å². The number of nitrogens with one attached hydrogen (secondary N) is 1. The Bertz CT molecular complexity index is 1110. The largest absolute Gasteiger partial charge is 0.495 e. The smallest absolute Gasteiger partial charge is 0.272 e. The fourth-order valence-electron chi connectivity index (χ4n) is 3.66. The molecular weight excluding hydrogens is 413 g/mol. The van der Waals surface area contributed by atoms with Crippen molar-refractivity contribution in [3.05, 3.63) is 58.1 Å². The van der Waals surface area contributed by atoms with E-state index in [-0.39, 0.29) is 29.8 Å². The van der Waals surface area contributed by atoms with Gasteiger partial charge in [0.1, 0.15) is 22.2 Å². The van der Waals surface area contributed by atoms with Crippen LogP contribution in [0.15, 0.2) is 24.7 Å². The molecule has 30 heavy (non-hydrogen) atoms. The minimum absolute atomic E-state index is 0.0749. The Kier molecular flexibility index (Phi) is 5.48. The zero-order chi connectivity index (χ0) is 21.4. The number of ether oxygens (including phenoxy) is 2. The molecule has 0 unspecified atom stereocenters. The molecule has 3 heterocycles. The second-order valence-corrected chi connectivity index (χ2v) is 7.29. The van der Waals surface area contributed by atoms with E-state index in [0.29, 0.717) is 23.6 Å². The summed E-state index contributed by atoms with van der Waals surface area (Å²) in [5.74, 6) is -0.507. The summed E-state index contributed by atoms with van der Waals surface area (Å²) in [6, 6.07) is 2.27. The Labute approximate surface area is 177 Å². The summed E-state index contributed by atoms with van der Waals surface area (Å²) >= 11 is 6.34. The maximum absolute atomic E-state index is 14.6. The predicted octanol–water partition coefficient (Wildman–Crippen LogP) is 2.97. The van der Waals surface area contributed by atoms with Gasteiger partial charge in [0.15, 0.2) is 5.82 Å². The van der Waals surface area contributed by atoms with Crippen LogP contribution >= 0.6 is 11.6 Å². The Balaban J connectivity index is 1.68. The van der Waals surface area contributed by atoms with Crippen LogP contribution in [0.1, 0.15) is 40.4 Å². The molecule has 1 amide bonds. The molecular formula is C20H21ClFN5O3. The molecule has 3 aromatic rings. The Morgan fingerprint density at radius 3 is 3.00 bits per heavy atom. The van der Waals surface area contributed by atoms with Crippen LogP contribution in [0.25, 0.3) is 5.69 Å². The zero-order valence-corrected chi connectivity index (χ0v) is 17.5. The second kappa shape index (κ2) is 8.08. The average molecular weight is 434 g/mol. The average Bonchev–Trinajstić information content (AvgIpc) is 3.32. The molecule has 1 aromatic carbocycles. The van der Waals surface area contributed by atoms with Gasteiger partial charge in [-0.1, -0.05) is 18.5 Å². The number of fused-ring (bicyclic) bond motifs is 1. The van der Waals surface area contributed by atoms with Crippen molar-refractivity contribution in [1.82, 2.24) is 24.6 Å². The first kappa shape index (κ1) is 20.4. The lowest BCUT2D eigenvalue weighted by atomic mass is 10.1. The number of aryl methyl sites for hydroxylation is 1. The van der Waals surface area contributed by atoms with Crippen molar-refractivity contribution >= 4 is 17.5 Å². The van der Waals surface area contributed by atoms with Crippen molar-refractivity contribution < 1.29 is 18.7 Å². The van der Waals surface area contributed by atoms with Crippen LogP contribution in [0.5, 0.6) is 5.75 Å². The van der Waals surface area contributed by atoms with Crippen LogP contribution in [0, 0.1) is 5.82 Å². The minimum Gasteiger partial charge on any atom is -0.495 e. The van der Waals surface area contributed by atoms with E-state index in [1.165, 1.54) is 23.9 Å². The lowest BCUT2D eigenvalue weighted by Gasteiger charge is -2.24. The summed E-state index contributed by atoms with van der Waals surface area (Å²) in [4.78, 5) is 17.0. The molecule has 1 aliphatic heterocycles. The number of hydrogen-bond acceptors (Lipinski definition) is 5. The van der Waals surface area contributed by atoms with E-state index in [9.17, 15) is 9.18 Å². The Morgan fingerprint density at radius 1 is 1.47 bits per heavy atom. The van der Waals surface area contributed by atoms with Crippen molar-refractivity contribution in [2.24, 2.45) is 7.05 Å². The van der Waals surface area contributed by atoms with E-state index in [4.69, 9.17) is 21.1 Å². The van der Waals surface area contributed by atoms with Gasteiger partial charge < -0.3 is 19.4 Å². The summed E-state index contributed by atoms with van der Waals surface area (Å²) in [5, 5.41) is 7.38. The fourth-order valence-corrected chi connectivity index (χ4v) is 3.97. The van der Waals surface area contributed by atoms with Gasteiger partial charge in [0.25, 0.3) is 5.91 Å². The van der Waals surface area contributed by atoms with Gasteiger partial charge in [-0.05, 0) is 18.6 Å². The highest BCUT2D eigenvalue weighted by molar-refractivity contribution is 6.33. The summed E-state index contributed by atoms with van der Waals surface area (Å²) in [5.41, 5.74) is 2.64. The zero-order valence-electron chi connectivity index (χ0n) is 16.8. The molecule has 4 rings (SSSR count). The molecule has 0 bridgehead atoms. The number of carbonyl (C=O) groups is 1. The highest BCUT2D eigenvalue weighted by Gasteiger charge is 2.30. The molecule has 0 radical (unpaired) electrons. The molecule has 0 spiro atoms. The summed E-state index contributed by atoms with van der Waals surface area (Å²) in [6.07, 6.45) is 3.89. The molecule has 0 aliphatic carbocycles. The van der Waals surface area contributed by atoms with Gasteiger partial charge in [-0.3, -0.25) is 4.79 Å². The van der Waals surface area contributed by atoms with Crippen molar-refractivity contribution in [2.45, 2.75) is 26.0 Å². The highest BCUT2D eigenvalue weighted by Crippen LogP contribution is 2.35. The lowest BCUT2D eigenvalue weighted by Crippen LogP contribution is -2.35. The molecule has 1 N–H and O–H groups in total. The Morgan fingerprint density at radius 2 is 2.27 bits per heavy atom. The predicted molar refractivity (Wildman–Crippen MR) is 108 cm³/mol. The van der Waals surface area contributed by atoms with Crippen molar-refractivity contribution in [1.29, 1.82) is 0 Å². The number of nitrogens with zero attached hydrogens (tertiary/aromatic N) is 4. The normalized spacial score (nSPS) is 15.7. The quantitative estimate of drug-likeness (QED) is 0.668. The van der Waals surface area contributed by atoms with Gasteiger partial charge in [0.05, 0.1) is 44.6 Å². The van der Waals surface area contributed by atoms with Crippen LogP contribution in [-0.2, 0) is 24.8 Å². The van der Waals surface area contributed by atoms with E-state index >= 15 is 0 Å². The first-order chi connectivity index (χ1) is 14.5. The third-order valence-electron chi connectivity index (χ3n) is 5.18. The third-order valence-corrected chi connectivity index (χ3v) is 5.54. The lowest BCUT2D eigenvalue weighted by molar-refractivity contribution is 0.0683. The Hall–Kier alpha value is -2.91. The standard InChI is InChI=1S/C20H21ClFN5O3/c1-4-14-18(23-10-26(14)2)20(28)25-13-8-30-9-15-11(13)7-24-27(15)19-12(22)5-6-16(29-3)17(19)21/h5-7,10,13H,4,8-9H2,1-3H3,(H,25,28)/t13-/m0/s1. The van der Waals surface area contributed by atoms with Crippen LogP contribution < -0.4 is 10.1 Å². The summed E-state index contributed by atoms with van der Waals surface area (Å²) in [6.45, 7) is 2.44. The highest BCUT2D eigenvalue weighted by atomic mass is 35.5. The van der Waals surface area contributed by atoms with Crippen LogP contribution in [-0.4, -0.2) is 39.0 Å².